The molecular formula is C13H12Cl2N2O4S3. The van der Waals surface area contributed by atoms with Crippen LogP contribution in [0.4, 0.5) is 5.69 Å². The Morgan fingerprint density at radius 3 is 2.21 bits per heavy atom. The highest BCUT2D eigenvalue weighted by molar-refractivity contribution is 7.99. The highest BCUT2D eigenvalue weighted by Crippen LogP contribution is 2.37. The van der Waals surface area contributed by atoms with Gasteiger partial charge in [-0.2, -0.15) is 0 Å². The molecule has 0 unspecified atom stereocenters. The zero-order valence-corrected chi connectivity index (χ0v) is 16.1. The van der Waals surface area contributed by atoms with Gasteiger partial charge in [0.15, 0.2) is 0 Å². The molecule has 24 heavy (non-hydrogen) atoms. The Hall–Kier alpha value is -0.970. The van der Waals surface area contributed by atoms with Gasteiger partial charge in [0.25, 0.3) is 0 Å². The molecular weight excluding hydrogens is 415 g/mol. The van der Waals surface area contributed by atoms with E-state index in [2.05, 4.69) is 4.72 Å². The van der Waals surface area contributed by atoms with Crippen LogP contribution in [0.5, 0.6) is 0 Å². The Kier molecular flexibility index (Phi) is 5.73. The number of nitrogens with two attached hydrogens (primary N) is 1. The molecule has 0 atom stereocenters. The van der Waals surface area contributed by atoms with E-state index in [1.165, 1.54) is 18.2 Å². The predicted molar refractivity (Wildman–Crippen MR) is 96.9 cm³/mol. The van der Waals surface area contributed by atoms with Crippen LogP contribution in [0, 0.1) is 0 Å². The lowest BCUT2D eigenvalue weighted by molar-refractivity contribution is 0.597. The molecule has 2 aromatic carbocycles. The van der Waals surface area contributed by atoms with Gasteiger partial charge < -0.3 is 0 Å². The Morgan fingerprint density at radius 1 is 1.00 bits per heavy atom. The van der Waals surface area contributed by atoms with Gasteiger partial charge in [-0.3, -0.25) is 4.72 Å². The molecule has 0 amide bonds. The van der Waals surface area contributed by atoms with E-state index in [-0.39, 0.29) is 10.6 Å². The third-order valence-electron chi connectivity index (χ3n) is 2.70. The molecule has 0 aromatic heterocycles. The molecule has 0 bridgehead atoms. The molecule has 0 fully saturated rings. The van der Waals surface area contributed by atoms with Crippen molar-refractivity contribution in [3.8, 4) is 0 Å². The summed E-state index contributed by atoms with van der Waals surface area (Å²) in [7, 11) is -7.48. The lowest BCUT2D eigenvalue weighted by Gasteiger charge is -2.12. The molecule has 0 saturated heterocycles. The highest BCUT2D eigenvalue weighted by Gasteiger charge is 2.15. The Morgan fingerprint density at radius 2 is 1.67 bits per heavy atom. The number of halogens is 2. The second-order valence-corrected chi connectivity index (χ2v) is 9.99. The molecule has 0 aliphatic heterocycles. The average Bonchev–Trinajstić information content (AvgIpc) is 2.42. The van der Waals surface area contributed by atoms with Crippen LogP contribution < -0.4 is 9.86 Å². The van der Waals surface area contributed by atoms with Crippen molar-refractivity contribution in [3.63, 3.8) is 0 Å². The molecule has 2 aromatic rings. The monoisotopic (exact) mass is 426 g/mol. The Bertz CT molecular complexity index is 992. The smallest absolute Gasteiger partial charge is 0.238 e. The Labute approximate surface area is 154 Å². The van der Waals surface area contributed by atoms with Crippen LogP contribution in [-0.2, 0) is 20.0 Å². The van der Waals surface area contributed by atoms with E-state index < -0.39 is 20.0 Å². The minimum atomic E-state index is -3.93. The first-order valence-corrected chi connectivity index (χ1v) is 11.2. The zero-order chi connectivity index (χ0) is 18.1. The topological polar surface area (TPSA) is 106 Å². The van der Waals surface area contributed by atoms with E-state index in [9.17, 15) is 16.8 Å². The Balaban J connectivity index is 2.52. The lowest BCUT2D eigenvalue weighted by Crippen LogP contribution is -2.14. The number of rotatable bonds is 5. The van der Waals surface area contributed by atoms with Crippen LogP contribution in [0.25, 0.3) is 0 Å². The highest BCUT2D eigenvalue weighted by atomic mass is 35.5. The fraction of sp³-hybridized carbons (Fsp3) is 0.0769. The summed E-state index contributed by atoms with van der Waals surface area (Å²) in [5.41, 5.74) is 0.223. The quantitative estimate of drug-likeness (QED) is 0.763. The summed E-state index contributed by atoms with van der Waals surface area (Å²) in [6.07, 6.45) is 0.994. The molecule has 0 spiro atoms. The SMILES string of the molecule is CS(=O)(=O)Nc1ccc(S(N)(=O)=O)cc1Sc1ccc(Cl)c(Cl)c1. The van der Waals surface area contributed by atoms with Crippen molar-refractivity contribution in [1.82, 2.24) is 0 Å². The lowest BCUT2D eigenvalue weighted by atomic mass is 10.3. The third kappa shape index (κ3) is 5.27. The molecule has 0 saturated carbocycles. The van der Waals surface area contributed by atoms with Crippen molar-refractivity contribution >= 4 is 60.7 Å². The molecule has 0 radical (unpaired) electrons. The number of nitrogens with one attached hydrogen (secondary N) is 1. The molecule has 2 rings (SSSR count). The van der Waals surface area contributed by atoms with Gasteiger partial charge in [0.2, 0.25) is 20.0 Å². The standard InChI is InChI=1S/C13H12Cl2N2O4S3/c1-23(18,19)17-12-5-3-9(24(16,20)21)7-13(12)22-8-2-4-10(14)11(15)6-8/h2-7,17H,1H3,(H2,16,20,21). The fourth-order valence-corrected chi connectivity index (χ4v) is 4.32. The number of hydrogen-bond donors (Lipinski definition) is 2. The van der Waals surface area contributed by atoms with Crippen molar-refractivity contribution < 1.29 is 16.8 Å². The van der Waals surface area contributed by atoms with Gasteiger partial charge in [-0.1, -0.05) is 35.0 Å². The van der Waals surface area contributed by atoms with Gasteiger partial charge in [0.05, 0.1) is 26.9 Å². The first kappa shape index (κ1) is 19.4. The van der Waals surface area contributed by atoms with Crippen LogP contribution in [0.1, 0.15) is 0 Å². The van der Waals surface area contributed by atoms with Crippen LogP contribution in [-0.4, -0.2) is 23.1 Å². The van der Waals surface area contributed by atoms with E-state index >= 15 is 0 Å². The van der Waals surface area contributed by atoms with Gasteiger partial charge in [0.1, 0.15) is 0 Å². The van der Waals surface area contributed by atoms with Crippen molar-refractivity contribution in [2.45, 2.75) is 14.7 Å². The molecule has 0 aliphatic rings. The zero-order valence-electron chi connectivity index (χ0n) is 12.2. The van der Waals surface area contributed by atoms with E-state index in [0.717, 1.165) is 18.0 Å². The van der Waals surface area contributed by atoms with Crippen LogP contribution in [0.3, 0.4) is 0 Å². The molecule has 130 valence electrons. The number of primary sulfonamides is 1. The predicted octanol–water partition coefficient (Wildman–Crippen LogP) is 3.16. The third-order valence-corrected chi connectivity index (χ3v) is 5.98. The van der Waals surface area contributed by atoms with Crippen molar-refractivity contribution in [1.29, 1.82) is 0 Å². The maximum atomic E-state index is 11.5. The van der Waals surface area contributed by atoms with Gasteiger partial charge in [-0.05, 0) is 36.4 Å². The summed E-state index contributed by atoms with van der Waals surface area (Å²) in [6.45, 7) is 0. The number of sulfonamides is 2. The summed E-state index contributed by atoms with van der Waals surface area (Å²) in [5, 5.41) is 5.82. The van der Waals surface area contributed by atoms with E-state index in [1.54, 1.807) is 18.2 Å². The van der Waals surface area contributed by atoms with Crippen molar-refractivity contribution in [2.24, 2.45) is 5.14 Å². The normalized spacial score (nSPS) is 12.2. The first-order chi connectivity index (χ1) is 11.0. The van der Waals surface area contributed by atoms with Gasteiger partial charge >= 0.3 is 0 Å². The number of anilines is 1. The number of benzene rings is 2. The van der Waals surface area contributed by atoms with Crippen LogP contribution >= 0.6 is 35.0 Å². The largest absolute Gasteiger partial charge is 0.283 e. The van der Waals surface area contributed by atoms with Gasteiger partial charge in [0, 0.05) is 9.79 Å². The first-order valence-electron chi connectivity index (χ1n) is 6.23. The van der Waals surface area contributed by atoms with E-state index in [4.69, 9.17) is 28.3 Å². The molecule has 6 nitrogen and oxygen atoms in total. The summed E-state index contributed by atoms with van der Waals surface area (Å²) < 4.78 is 48.3. The summed E-state index contributed by atoms with van der Waals surface area (Å²) in [4.78, 5) is 0.863. The minimum absolute atomic E-state index is 0.135. The second-order valence-electron chi connectivity index (χ2n) is 4.76. The van der Waals surface area contributed by atoms with Gasteiger partial charge in [-0.15, -0.1) is 0 Å². The van der Waals surface area contributed by atoms with E-state index in [0.29, 0.717) is 19.8 Å². The molecule has 11 heteroatoms. The molecule has 0 heterocycles. The second kappa shape index (κ2) is 7.11. The van der Waals surface area contributed by atoms with Crippen molar-refractivity contribution in [3.05, 3.63) is 46.4 Å². The van der Waals surface area contributed by atoms with Crippen LogP contribution in [0.15, 0.2) is 51.1 Å². The maximum Gasteiger partial charge on any atom is 0.238 e. The average molecular weight is 427 g/mol. The van der Waals surface area contributed by atoms with Gasteiger partial charge in [-0.25, -0.2) is 22.0 Å². The van der Waals surface area contributed by atoms with Crippen LogP contribution in [0.2, 0.25) is 10.0 Å². The van der Waals surface area contributed by atoms with E-state index in [1.807, 2.05) is 0 Å². The molecule has 3 N–H and O–H groups in total. The van der Waals surface area contributed by atoms with Crippen molar-refractivity contribution in [2.75, 3.05) is 11.0 Å². The maximum absolute atomic E-state index is 11.5. The molecule has 0 aliphatic carbocycles. The summed E-state index contributed by atoms with van der Waals surface area (Å²) in [6, 6.07) is 8.69. The fourth-order valence-electron chi connectivity index (χ4n) is 1.72. The number of hydrogen-bond acceptors (Lipinski definition) is 5. The summed E-state index contributed by atoms with van der Waals surface area (Å²) >= 11 is 12.9. The summed E-state index contributed by atoms with van der Waals surface area (Å²) in [5.74, 6) is 0. The minimum Gasteiger partial charge on any atom is -0.283 e.